The van der Waals surface area contributed by atoms with Gasteiger partial charge in [0, 0.05) is 16.3 Å². The zero-order chi connectivity index (χ0) is 14.8. The summed E-state index contributed by atoms with van der Waals surface area (Å²) in [5.74, 6) is -0.700. The molecule has 4 nitrogen and oxygen atoms in total. The summed E-state index contributed by atoms with van der Waals surface area (Å²) in [6.07, 6.45) is 1.50. The van der Waals surface area contributed by atoms with Crippen molar-refractivity contribution in [1.82, 2.24) is 9.55 Å². The molecule has 0 aliphatic heterocycles. The Morgan fingerprint density at radius 1 is 1.29 bits per heavy atom. The minimum absolute atomic E-state index is 0.621. The van der Waals surface area contributed by atoms with E-state index in [0.29, 0.717) is 0 Å². The first-order chi connectivity index (χ1) is 10.0. The Balaban J connectivity index is 1.80. The van der Waals surface area contributed by atoms with Gasteiger partial charge in [-0.25, -0.2) is 4.98 Å². The fraction of sp³-hybridized carbons (Fsp3) is 0.333. The summed E-state index contributed by atoms with van der Waals surface area (Å²) in [4.78, 5) is 18.0. The van der Waals surface area contributed by atoms with Gasteiger partial charge in [0.25, 0.3) is 0 Å². The van der Waals surface area contributed by atoms with E-state index in [1.54, 1.807) is 11.3 Å². The molecule has 0 saturated heterocycles. The Kier molecular flexibility index (Phi) is 2.59. The topological polar surface area (TPSA) is 55.1 Å². The summed E-state index contributed by atoms with van der Waals surface area (Å²) in [5.41, 5.74) is 1.71. The lowest BCUT2D eigenvalue weighted by Crippen LogP contribution is -2.17. The van der Waals surface area contributed by atoms with E-state index in [1.807, 2.05) is 6.07 Å². The molecule has 108 valence electrons. The summed E-state index contributed by atoms with van der Waals surface area (Å²) in [7, 11) is 0. The highest BCUT2D eigenvalue weighted by Crippen LogP contribution is 2.52. The van der Waals surface area contributed by atoms with Crippen LogP contribution < -0.4 is 0 Å². The molecule has 0 unspecified atom stereocenters. The predicted octanol–water partition coefficient (Wildman–Crippen LogP) is 3.88. The molecular formula is C15H14N2O2S2. The average Bonchev–Trinajstić information content (AvgIpc) is 2.87. The minimum Gasteiger partial charge on any atom is -0.481 e. The highest BCUT2D eigenvalue weighted by molar-refractivity contribution is 7.28. The van der Waals surface area contributed by atoms with Crippen molar-refractivity contribution in [2.45, 2.75) is 32.1 Å². The first-order valence-corrected chi connectivity index (χ1v) is 8.44. The third-order valence-corrected chi connectivity index (χ3v) is 6.52. The fourth-order valence-electron chi connectivity index (χ4n) is 2.72. The van der Waals surface area contributed by atoms with Crippen LogP contribution in [0.3, 0.4) is 0 Å². The number of hydrogen-bond acceptors (Lipinski definition) is 4. The largest absolute Gasteiger partial charge is 0.481 e. The highest BCUT2D eigenvalue weighted by Gasteiger charge is 2.53. The minimum atomic E-state index is -0.700. The van der Waals surface area contributed by atoms with E-state index in [0.717, 1.165) is 32.4 Å². The second-order valence-electron chi connectivity index (χ2n) is 5.62. The second kappa shape index (κ2) is 4.18. The van der Waals surface area contributed by atoms with Gasteiger partial charge in [-0.3, -0.25) is 9.36 Å². The number of aliphatic carboxylic acids is 1. The lowest BCUT2D eigenvalue weighted by atomic mass is 10.1. The van der Waals surface area contributed by atoms with Gasteiger partial charge in [-0.15, -0.1) is 11.3 Å². The molecule has 1 saturated carbocycles. The van der Waals surface area contributed by atoms with Crippen molar-refractivity contribution in [3.05, 3.63) is 34.5 Å². The molecule has 1 fully saturated rings. The molecule has 6 heteroatoms. The summed E-state index contributed by atoms with van der Waals surface area (Å²) < 4.78 is 3.23. The first kappa shape index (κ1) is 13.0. The van der Waals surface area contributed by atoms with Crippen molar-refractivity contribution < 1.29 is 9.90 Å². The van der Waals surface area contributed by atoms with Crippen LogP contribution in [-0.2, 0) is 10.2 Å². The number of hydrogen-bond donors (Lipinski definition) is 1. The Hall–Kier alpha value is -1.66. The third-order valence-electron chi connectivity index (χ3n) is 4.17. The van der Waals surface area contributed by atoms with Crippen molar-refractivity contribution in [3.63, 3.8) is 0 Å². The van der Waals surface area contributed by atoms with Crippen molar-refractivity contribution in [2.24, 2.45) is 0 Å². The van der Waals surface area contributed by atoms with Crippen LogP contribution >= 0.6 is 22.7 Å². The number of nitrogens with zero attached hydrogens (tertiary/aromatic N) is 2. The molecule has 3 aromatic heterocycles. The van der Waals surface area contributed by atoms with E-state index in [1.165, 1.54) is 22.7 Å². The monoisotopic (exact) mass is 318 g/mol. The van der Waals surface area contributed by atoms with Crippen LogP contribution in [-0.4, -0.2) is 20.6 Å². The molecule has 0 radical (unpaired) electrons. The standard InChI is InChI=1S/C15H14N2O2S2/c1-8-3-4-9(2)17(8)14-16-12-10(20-14)7-11(21-12)15(5-6-15)13(18)19/h3-4,7H,5-6H2,1-2H3,(H,18,19). The quantitative estimate of drug-likeness (QED) is 0.797. The van der Waals surface area contributed by atoms with Gasteiger partial charge in [0.2, 0.25) is 0 Å². The normalized spacial score (nSPS) is 16.5. The van der Waals surface area contributed by atoms with Gasteiger partial charge in [-0.2, -0.15) is 0 Å². The molecule has 3 aromatic rings. The van der Waals surface area contributed by atoms with Crippen LogP contribution in [0, 0.1) is 13.8 Å². The number of thiophene rings is 1. The first-order valence-electron chi connectivity index (χ1n) is 6.81. The molecule has 4 rings (SSSR count). The molecule has 1 aliphatic rings. The number of aryl methyl sites for hydroxylation is 2. The molecular weight excluding hydrogens is 304 g/mol. The molecule has 0 bridgehead atoms. The maximum atomic E-state index is 11.4. The van der Waals surface area contributed by atoms with E-state index < -0.39 is 11.4 Å². The number of carbonyl (C=O) groups is 1. The maximum Gasteiger partial charge on any atom is 0.314 e. The van der Waals surface area contributed by atoms with E-state index in [4.69, 9.17) is 4.98 Å². The van der Waals surface area contributed by atoms with E-state index in [-0.39, 0.29) is 0 Å². The Labute approximate surface area is 129 Å². The number of thiazole rings is 1. The smallest absolute Gasteiger partial charge is 0.314 e. The van der Waals surface area contributed by atoms with Crippen molar-refractivity contribution in [2.75, 3.05) is 0 Å². The van der Waals surface area contributed by atoms with Gasteiger partial charge in [0.1, 0.15) is 10.2 Å². The zero-order valence-electron chi connectivity index (χ0n) is 11.7. The lowest BCUT2D eigenvalue weighted by Gasteiger charge is -2.05. The maximum absolute atomic E-state index is 11.4. The molecule has 1 N–H and O–H groups in total. The van der Waals surface area contributed by atoms with Gasteiger partial charge in [-0.1, -0.05) is 11.3 Å². The third kappa shape index (κ3) is 1.79. The van der Waals surface area contributed by atoms with Crippen LogP contribution in [0.2, 0.25) is 0 Å². The average molecular weight is 318 g/mol. The summed E-state index contributed by atoms with van der Waals surface area (Å²) in [6, 6.07) is 6.19. The molecule has 0 aromatic carbocycles. The molecule has 0 amide bonds. The predicted molar refractivity (Wildman–Crippen MR) is 84.8 cm³/mol. The van der Waals surface area contributed by atoms with Gasteiger partial charge in [-0.05, 0) is 44.9 Å². The van der Waals surface area contributed by atoms with Gasteiger partial charge in [0.05, 0.1) is 4.70 Å². The van der Waals surface area contributed by atoms with Gasteiger partial charge < -0.3 is 5.11 Å². The highest BCUT2D eigenvalue weighted by atomic mass is 32.1. The second-order valence-corrected chi connectivity index (χ2v) is 7.66. The number of fused-ring (bicyclic) bond motifs is 1. The van der Waals surface area contributed by atoms with Gasteiger partial charge in [0.15, 0.2) is 5.13 Å². The number of aromatic nitrogens is 2. The molecule has 21 heavy (non-hydrogen) atoms. The number of rotatable bonds is 3. The Bertz CT molecular complexity index is 817. The fourth-order valence-corrected chi connectivity index (χ4v) is 5.28. The van der Waals surface area contributed by atoms with Crippen LogP contribution in [0.5, 0.6) is 0 Å². The van der Waals surface area contributed by atoms with Crippen LogP contribution in [0.15, 0.2) is 18.2 Å². The molecule has 3 heterocycles. The van der Waals surface area contributed by atoms with Crippen LogP contribution in [0.4, 0.5) is 0 Å². The van der Waals surface area contributed by atoms with Crippen molar-refractivity contribution >= 4 is 38.2 Å². The summed E-state index contributed by atoms with van der Waals surface area (Å²) in [5, 5.41) is 10.3. The van der Waals surface area contributed by atoms with Crippen LogP contribution in [0.25, 0.3) is 14.7 Å². The summed E-state index contributed by atoms with van der Waals surface area (Å²) >= 11 is 3.16. The van der Waals surface area contributed by atoms with Crippen molar-refractivity contribution in [3.8, 4) is 5.13 Å². The summed E-state index contributed by atoms with van der Waals surface area (Å²) in [6.45, 7) is 4.13. The molecule has 1 aliphatic carbocycles. The van der Waals surface area contributed by atoms with Crippen LogP contribution in [0.1, 0.15) is 29.1 Å². The SMILES string of the molecule is Cc1ccc(C)n1-c1nc2sc(C3(C(=O)O)CC3)cc2s1. The molecule has 0 spiro atoms. The number of carboxylic acid groups (broad SMARTS) is 1. The lowest BCUT2D eigenvalue weighted by molar-refractivity contribution is -0.139. The Morgan fingerprint density at radius 2 is 1.95 bits per heavy atom. The van der Waals surface area contributed by atoms with Crippen molar-refractivity contribution in [1.29, 1.82) is 0 Å². The van der Waals surface area contributed by atoms with E-state index in [2.05, 4.69) is 30.5 Å². The number of carboxylic acids is 1. The van der Waals surface area contributed by atoms with E-state index in [9.17, 15) is 9.90 Å². The van der Waals surface area contributed by atoms with E-state index >= 15 is 0 Å². The zero-order valence-corrected chi connectivity index (χ0v) is 13.3. The Morgan fingerprint density at radius 3 is 2.48 bits per heavy atom. The van der Waals surface area contributed by atoms with Gasteiger partial charge >= 0.3 is 5.97 Å². The molecule has 0 atom stereocenters.